The molecule has 12 heavy (non-hydrogen) atoms. The van der Waals surface area contributed by atoms with E-state index in [4.69, 9.17) is 0 Å². The lowest BCUT2D eigenvalue weighted by molar-refractivity contribution is -0.104. The standard InChI is InChI=1S/C10H16OS/c1-10(2,3)7-5-6-9(8-11)12-4/h5-8H,1-4H3/b7-5+,9-6-. The van der Waals surface area contributed by atoms with E-state index in [1.54, 1.807) is 0 Å². The zero-order valence-electron chi connectivity index (χ0n) is 8.13. The zero-order chi connectivity index (χ0) is 9.61. The van der Waals surface area contributed by atoms with Gasteiger partial charge in [0.15, 0.2) is 6.29 Å². The topological polar surface area (TPSA) is 17.1 Å². The maximum absolute atomic E-state index is 10.4. The van der Waals surface area contributed by atoms with Crippen molar-refractivity contribution in [1.29, 1.82) is 0 Å². The third-order valence-corrected chi connectivity index (χ3v) is 1.91. The number of thioether (sulfide) groups is 1. The summed E-state index contributed by atoms with van der Waals surface area (Å²) in [5, 5.41) is 0. The Morgan fingerprint density at radius 2 is 1.92 bits per heavy atom. The number of hydrogen-bond donors (Lipinski definition) is 0. The molecule has 0 N–H and O–H groups in total. The van der Waals surface area contributed by atoms with Gasteiger partial charge in [0, 0.05) is 4.91 Å². The van der Waals surface area contributed by atoms with Gasteiger partial charge in [-0.2, -0.15) is 0 Å². The highest BCUT2D eigenvalue weighted by atomic mass is 32.2. The normalized spacial score (nSPS) is 13.8. The lowest BCUT2D eigenvalue weighted by Crippen LogP contribution is -1.97. The van der Waals surface area contributed by atoms with E-state index < -0.39 is 0 Å². The van der Waals surface area contributed by atoms with Crippen LogP contribution in [0, 0.1) is 5.41 Å². The number of allylic oxidation sites excluding steroid dienone is 4. The van der Waals surface area contributed by atoms with Gasteiger partial charge in [-0.05, 0) is 17.7 Å². The fourth-order valence-electron chi connectivity index (χ4n) is 0.587. The molecule has 0 radical (unpaired) electrons. The molecule has 0 fully saturated rings. The highest BCUT2D eigenvalue weighted by Gasteiger charge is 2.02. The van der Waals surface area contributed by atoms with Crippen molar-refractivity contribution in [2.24, 2.45) is 5.41 Å². The molecule has 1 nitrogen and oxygen atoms in total. The highest BCUT2D eigenvalue weighted by molar-refractivity contribution is 8.03. The van der Waals surface area contributed by atoms with Gasteiger partial charge < -0.3 is 0 Å². The maximum Gasteiger partial charge on any atom is 0.156 e. The summed E-state index contributed by atoms with van der Waals surface area (Å²) < 4.78 is 0. The monoisotopic (exact) mass is 184 g/mol. The Morgan fingerprint density at radius 1 is 1.33 bits per heavy atom. The molecule has 0 aromatic carbocycles. The third kappa shape index (κ3) is 6.23. The van der Waals surface area contributed by atoms with Crippen molar-refractivity contribution in [3.8, 4) is 0 Å². The molecule has 0 aromatic heterocycles. The molecule has 0 saturated heterocycles. The zero-order valence-corrected chi connectivity index (χ0v) is 8.94. The number of hydrogen-bond acceptors (Lipinski definition) is 2. The summed E-state index contributed by atoms with van der Waals surface area (Å²) in [6.45, 7) is 6.37. The van der Waals surface area contributed by atoms with Crippen LogP contribution in [0.2, 0.25) is 0 Å². The molecule has 0 rings (SSSR count). The van der Waals surface area contributed by atoms with Gasteiger partial charge in [0.25, 0.3) is 0 Å². The highest BCUT2D eigenvalue weighted by Crippen LogP contribution is 2.15. The Hall–Kier alpha value is -0.500. The molecule has 0 bridgehead atoms. The van der Waals surface area contributed by atoms with E-state index in [0.717, 1.165) is 11.2 Å². The molecular weight excluding hydrogens is 168 g/mol. The molecule has 0 amide bonds. The Bertz CT molecular complexity index is 196. The predicted octanol–water partition coefficient (Wildman–Crippen LogP) is 3.03. The van der Waals surface area contributed by atoms with Crippen LogP contribution >= 0.6 is 11.8 Å². The van der Waals surface area contributed by atoms with E-state index in [1.807, 2.05) is 18.4 Å². The first-order chi connectivity index (χ1) is 5.49. The van der Waals surface area contributed by atoms with E-state index in [-0.39, 0.29) is 5.41 Å². The van der Waals surface area contributed by atoms with Crippen LogP contribution in [0.1, 0.15) is 20.8 Å². The third-order valence-electron chi connectivity index (χ3n) is 1.21. The lowest BCUT2D eigenvalue weighted by Gasteiger charge is -2.09. The van der Waals surface area contributed by atoms with Crippen molar-refractivity contribution in [2.45, 2.75) is 20.8 Å². The predicted molar refractivity (Wildman–Crippen MR) is 56.3 cm³/mol. The Balaban J connectivity index is 4.19. The van der Waals surface area contributed by atoms with Crippen molar-refractivity contribution in [2.75, 3.05) is 6.26 Å². The van der Waals surface area contributed by atoms with Crippen molar-refractivity contribution >= 4 is 18.0 Å². The summed E-state index contributed by atoms with van der Waals surface area (Å²) >= 11 is 1.46. The summed E-state index contributed by atoms with van der Waals surface area (Å²) in [7, 11) is 0. The average Bonchev–Trinajstić information content (AvgIpc) is 1.96. The fourth-order valence-corrected chi connectivity index (χ4v) is 0.898. The SMILES string of the molecule is CS/C(C=O)=C\C=C\C(C)(C)C. The van der Waals surface area contributed by atoms with Crippen molar-refractivity contribution < 1.29 is 4.79 Å². The molecule has 68 valence electrons. The molecule has 0 aliphatic carbocycles. The first-order valence-electron chi connectivity index (χ1n) is 3.88. The molecule has 0 aromatic rings. The summed E-state index contributed by atoms with van der Waals surface area (Å²) in [5.41, 5.74) is 0.183. The second-order valence-electron chi connectivity index (χ2n) is 3.62. The van der Waals surface area contributed by atoms with Crippen LogP contribution in [0.15, 0.2) is 23.1 Å². The van der Waals surface area contributed by atoms with E-state index in [1.165, 1.54) is 11.8 Å². The molecule has 0 aliphatic heterocycles. The maximum atomic E-state index is 10.4. The molecule has 0 unspecified atom stereocenters. The molecule has 0 spiro atoms. The van der Waals surface area contributed by atoms with Crippen molar-refractivity contribution in [1.82, 2.24) is 0 Å². The van der Waals surface area contributed by atoms with Crippen LogP contribution in [0.3, 0.4) is 0 Å². The van der Waals surface area contributed by atoms with Crippen LogP contribution in [0.5, 0.6) is 0 Å². The molecular formula is C10H16OS. The van der Waals surface area contributed by atoms with Gasteiger partial charge in [0.1, 0.15) is 0 Å². The van der Waals surface area contributed by atoms with Crippen LogP contribution < -0.4 is 0 Å². The summed E-state index contributed by atoms with van der Waals surface area (Å²) in [4.78, 5) is 11.1. The van der Waals surface area contributed by atoms with Crippen molar-refractivity contribution in [3.05, 3.63) is 23.1 Å². The Kier molecular flexibility index (Phi) is 4.98. The second kappa shape index (κ2) is 5.20. The summed E-state index contributed by atoms with van der Waals surface area (Å²) in [6, 6.07) is 0. The molecule has 2 heteroatoms. The van der Waals surface area contributed by atoms with Gasteiger partial charge in [-0.15, -0.1) is 11.8 Å². The molecule has 0 atom stereocenters. The van der Waals surface area contributed by atoms with Crippen LogP contribution in [0.25, 0.3) is 0 Å². The largest absolute Gasteiger partial charge is 0.297 e. The minimum Gasteiger partial charge on any atom is -0.297 e. The summed E-state index contributed by atoms with van der Waals surface area (Å²) in [6.07, 6.45) is 8.61. The smallest absolute Gasteiger partial charge is 0.156 e. The fraction of sp³-hybridized carbons (Fsp3) is 0.500. The first kappa shape index (κ1) is 11.5. The Morgan fingerprint density at radius 3 is 2.25 bits per heavy atom. The van der Waals surface area contributed by atoms with Crippen LogP contribution in [-0.2, 0) is 4.79 Å². The van der Waals surface area contributed by atoms with Gasteiger partial charge in [-0.3, -0.25) is 4.79 Å². The van der Waals surface area contributed by atoms with E-state index >= 15 is 0 Å². The molecule has 0 heterocycles. The first-order valence-corrected chi connectivity index (χ1v) is 5.11. The molecule has 0 aliphatic rings. The van der Waals surface area contributed by atoms with E-state index in [2.05, 4.69) is 26.8 Å². The average molecular weight is 184 g/mol. The molecule has 0 saturated carbocycles. The van der Waals surface area contributed by atoms with Crippen molar-refractivity contribution in [3.63, 3.8) is 0 Å². The number of carbonyl (C=O) groups excluding carboxylic acids is 1. The van der Waals surface area contributed by atoms with E-state index in [9.17, 15) is 4.79 Å². The van der Waals surface area contributed by atoms with Crippen LogP contribution in [0.4, 0.5) is 0 Å². The lowest BCUT2D eigenvalue weighted by atomic mass is 9.96. The summed E-state index contributed by atoms with van der Waals surface area (Å²) in [5.74, 6) is 0. The van der Waals surface area contributed by atoms with Crippen LogP contribution in [-0.4, -0.2) is 12.5 Å². The number of rotatable bonds is 3. The minimum atomic E-state index is 0.183. The second-order valence-corrected chi connectivity index (χ2v) is 4.50. The minimum absolute atomic E-state index is 0.183. The van der Waals surface area contributed by atoms with E-state index in [0.29, 0.717) is 0 Å². The van der Waals surface area contributed by atoms with Gasteiger partial charge in [-0.25, -0.2) is 0 Å². The number of carbonyl (C=O) groups is 1. The number of aldehydes is 1. The van der Waals surface area contributed by atoms with Gasteiger partial charge in [-0.1, -0.05) is 32.9 Å². The quantitative estimate of drug-likeness (QED) is 0.381. The van der Waals surface area contributed by atoms with Gasteiger partial charge >= 0.3 is 0 Å². The van der Waals surface area contributed by atoms with Gasteiger partial charge in [0.2, 0.25) is 0 Å². The van der Waals surface area contributed by atoms with Gasteiger partial charge in [0.05, 0.1) is 0 Å². The Labute approximate surface area is 78.9 Å².